The third kappa shape index (κ3) is 3.75. The number of piperidine rings is 1. The molecule has 0 spiro atoms. The number of likely N-dealkylation sites (tertiary alicyclic amines) is 1. The lowest BCUT2D eigenvalue weighted by atomic mass is 9.96. The third-order valence-electron chi connectivity index (χ3n) is 4.80. The van der Waals surface area contributed by atoms with E-state index >= 15 is 0 Å². The Bertz CT molecular complexity index is 646. The van der Waals surface area contributed by atoms with E-state index in [9.17, 15) is 4.79 Å². The first kappa shape index (κ1) is 16.5. The van der Waals surface area contributed by atoms with E-state index in [1.165, 1.54) is 5.56 Å². The Morgan fingerprint density at radius 3 is 2.58 bits per heavy atom. The van der Waals surface area contributed by atoms with E-state index in [1.54, 1.807) is 13.3 Å². The minimum Gasteiger partial charge on any atom is -0.497 e. The first-order valence-electron chi connectivity index (χ1n) is 8.45. The van der Waals surface area contributed by atoms with Gasteiger partial charge < -0.3 is 9.64 Å². The van der Waals surface area contributed by atoms with Gasteiger partial charge in [0.2, 0.25) is 5.91 Å². The molecule has 1 aromatic carbocycles. The lowest BCUT2D eigenvalue weighted by molar-refractivity contribution is -0.132. The second-order valence-electron chi connectivity index (χ2n) is 6.37. The number of ether oxygens (including phenoxy) is 1. The van der Waals surface area contributed by atoms with Crippen LogP contribution in [0.4, 0.5) is 0 Å². The van der Waals surface area contributed by atoms with Gasteiger partial charge in [0.25, 0.3) is 0 Å². The molecule has 2 aromatic rings. The molecule has 1 amide bonds. The largest absolute Gasteiger partial charge is 0.497 e. The number of carbonyl (C=O) groups excluding carboxylic acids is 1. The fourth-order valence-corrected chi connectivity index (χ4v) is 3.23. The van der Waals surface area contributed by atoms with Gasteiger partial charge in [0.1, 0.15) is 5.75 Å². The van der Waals surface area contributed by atoms with Crippen molar-refractivity contribution in [2.45, 2.75) is 38.1 Å². The number of hydrogen-bond acceptors (Lipinski definition) is 4. The molecule has 0 aliphatic carbocycles. The van der Waals surface area contributed by atoms with Crippen LogP contribution in [0.5, 0.6) is 5.75 Å². The van der Waals surface area contributed by atoms with Gasteiger partial charge in [0.05, 0.1) is 19.3 Å². The summed E-state index contributed by atoms with van der Waals surface area (Å²) in [6.07, 6.45) is 6.01. The fourth-order valence-electron chi connectivity index (χ4n) is 3.23. The van der Waals surface area contributed by atoms with E-state index in [1.807, 2.05) is 40.0 Å². The maximum Gasteiger partial charge on any atom is 0.223 e. The number of methoxy groups -OCH3 is 1. The molecule has 2 heterocycles. The summed E-state index contributed by atoms with van der Waals surface area (Å²) in [6.45, 7) is 3.68. The first-order chi connectivity index (χ1) is 11.7. The molecule has 1 aliphatic rings. The summed E-state index contributed by atoms with van der Waals surface area (Å²) in [4.78, 5) is 14.5. The van der Waals surface area contributed by atoms with Gasteiger partial charge in [-0.25, -0.2) is 4.68 Å². The van der Waals surface area contributed by atoms with Gasteiger partial charge in [-0.2, -0.15) is 0 Å². The van der Waals surface area contributed by atoms with Gasteiger partial charge in [0.15, 0.2) is 0 Å². The van der Waals surface area contributed by atoms with Crippen LogP contribution in [-0.4, -0.2) is 46.0 Å². The van der Waals surface area contributed by atoms with E-state index in [2.05, 4.69) is 17.2 Å². The zero-order valence-electron chi connectivity index (χ0n) is 14.3. The van der Waals surface area contributed by atoms with Crippen LogP contribution >= 0.6 is 0 Å². The predicted octanol–water partition coefficient (Wildman–Crippen LogP) is 2.64. The van der Waals surface area contributed by atoms with Crippen LogP contribution in [0.25, 0.3) is 0 Å². The Labute approximate surface area is 142 Å². The average Bonchev–Trinajstić information content (AvgIpc) is 3.16. The number of benzene rings is 1. The molecule has 128 valence electrons. The van der Waals surface area contributed by atoms with E-state index < -0.39 is 0 Å². The lowest BCUT2D eigenvalue weighted by Crippen LogP contribution is -2.39. The molecule has 1 saturated heterocycles. The van der Waals surface area contributed by atoms with Crippen LogP contribution in [0.2, 0.25) is 0 Å². The van der Waals surface area contributed by atoms with Crippen molar-refractivity contribution in [2.75, 3.05) is 20.2 Å². The van der Waals surface area contributed by atoms with Gasteiger partial charge in [-0.05, 0) is 36.5 Å². The monoisotopic (exact) mass is 328 g/mol. The van der Waals surface area contributed by atoms with Crippen LogP contribution in [0.15, 0.2) is 36.7 Å². The highest BCUT2D eigenvalue weighted by molar-refractivity contribution is 5.77. The van der Waals surface area contributed by atoms with Crippen molar-refractivity contribution in [1.82, 2.24) is 19.9 Å². The van der Waals surface area contributed by atoms with Gasteiger partial charge in [-0.3, -0.25) is 4.79 Å². The van der Waals surface area contributed by atoms with E-state index in [-0.39, 0.29) is 11.8 Å². The highest BCUT2D eigenvalue weighted by Crippen LogP contribution is 2.25. The summed E-state index contributed by atoms with van der Waals surface area (Å²) in [5.74, 6) is 1.28. The van der Waals surface area contributed by atoms with Crippen LogP contribution in [0.3, 0.4) is 0 Å². The molecule has 0 bridgehead atoms. The van der Waals surface area contributed by atoms with Crippen molar-refractivity contribution in [2.24, 2.45) is 0 Å². The molecule has 6 heteroatoms. The minimum atomic E-state index is 0.205. The van der Waals surface area contributed by atoms with Gasteiger partial charge in [-0.15, -0.1) is 5.10 Å². The van der Waals surface area contributed by atoms with Gasteiger partial charge >= 0.3 is 0 Å². The van der Waals surface area contributed by atoms with E-state index in [0.29, 0.717) is 12.5 Å². The Hall–Kier alpha value is -2.37. The molecule has 6 nitrogen and oxygen atoms in total. The number of hydrogen-bond donors (Lipinski definition) is 0. The Morgan fingerprint density at radius 1 is 1.29 bits per heavy atom. The number of rotatable bonds is 5. The molecule has 1 atom stereocenters. The lowest BCUT2D eigenvalue weighted by Gasteiger charge is -2.32. The summed E-state index contributed by atoms with van der Waals surface area (Å²) in [5, 5.41) is 7.93. The SMILES string of the molecule is COc1ccc([C@H](C)CC(=O)N2CCC(n3ccnn3)CC2)cc1. The Balaban J connectivity index is 1.51. The quantitative estimate of drug-likeness (QED) is 0.846. The van der Waals surface area contributed by atoms with Crippen LogP contribution < -0.4 is 4.74 Å². The summed E-state index contributed by atoms with van der Waals surface area (Å²) in [5.41, 5.74) is 1.17. The molecule has 0 unspecified atom stereocenters. The van der Waals surface area contributed by atoms with E-state index in [4.69, 9.17) is 4.74 Å². The zero-order chi connectivity index (χ0) is 16.9. The third-order valence-corrected chi connectivity index (χ3v) is 4.80. The molecular formula is C18H24N4O2. The zero-order valence-corrected chi connectivity index (χ0v) is 14.3. The number of aromatic nitrogens is 3. The number of nitrogens with zero attached hydrogens (tertiary/aromatic N) is 4. The maximum atomic E-state index is 12.6. The summed E-state index contributed by atoms with van der Waals surface area (Å²) in [7, 11) is 1.66. The average molecular weight is 328 g/mol. The molecule has 0 radical (unpaired) electrons. The number of amides is 1. The Morgan fingerprint density at radius 2 is 2.00 bits per heavy atom. The van der Waals surface area contributed by atoms with E-state index in [0.717, 1.165) is 31.7 Å². The second kappa shape index (κ2) is 7.47. The molecule has 0 N–H and O–H groups in total. The molecule has 1 aromatic heterocycles. The fraction of sp³-hybridized carbons (Fsp3) is 0.500. The molecule has 0 saturated carbocycles. The highest BCUT2D eigenvalue weighted by atomic mass is 16.5. The van der Waals surface area contributed by atoms with Crippen LogP contribution in [-0.2, 0) is 4.79 Å². The van der Waals surface area contributed by atoms with Crippen molar-refractivity contribution in [3.8, 4) is 5.75 Å². The van der Waals surface area contributed by atoms with Crippen molar-refractivity contribution >= 4 is 5.91 Å². The number of carbonyl (C=O) groups is 1. The summed E-state index contributed by atoms with van der Waals surface area (Å²) < 4.78 is 7.08. The minimum absolute atomic E-state index is 0.205. The molecule has 24 heavy (non-hydrogen) atoms. The normalized spacial score (nSPS) is 16.8. The standard InChI is InChI=1S/C18H24N4O2/c1-14(15-3-5-17(24-2)6-4-15)13-18(23)21-10-7-16(8-11-21)22-12-9-19-20-22/h3-6,9,12,14,16H,7-8,10-11,13H2,1-2H3/t14-/m1/s1. The molecule has 1 aliphatic heterocycles. The molecular weight excluding hydrogens is 304 g/mol. The van der Waals surface area contributed by atoms with Crippen molar-refractivity contribution in [3.05, 3.63) is 42.2 Å². The van der Waals surface area contributed by atoms with Crippen molar-refractivity contribution in [3.63, 3.8) is 0 Å². The topological polar surface area (TPSA) is 60.2 Å². The second-order valence-corrected chi connectivity index (χ2v) is 6.37. The van der Waals surface area contributed by atoms with Crippen LogP contribution in [0.1, 0.15) is 43.7 Å². The Kier molecular flexibility index (Phi) is 5.13. The van der Waals surface area contributed by atoms with Gasteiger partial charge in [0, 0.05) is 25.7 Å². The predicted molar refractivity (Wildman–Crippen MR) is 90.9 cm³/mol. The maximum absolute atomic E-state index is 12.6. The van der Waals surface area contributed by atoms with Crippen molar-refractivity contribution < 1.29 is 9.53 Å². The van der Waals surface area contributed by atoms with Crippen LogP contribution in [0, 0.1) is 0 Å². The highest BCUT2D eigenvalue weighted by Gasteiger charge is 2.25. The smallest absolute Gasteiger partial charge is 0.223 e. The summed E-state index contributed by atoms with van der Waals surface area (Å²) in [6, 6.07) is 8.32. The van der Waals surface area contributed by atoms with Crippen molar-refractivity contribution in [1.29, 1.82) is 0 Å². The van der Waals surface area contributed by atoms with Gasteiger partial charge in [-0.1, -0.05) is 24.3 Å². The molecule has 3 rings (SSSR count). The first-order valence-corrected chi connectivity index (χ1v) is 8.45. The molecule has 1 fully saturated rings. The summed E-state index contributed by atoms with van der Waals surface area (Å²) >= 11 is 0.